The van der Waals surface area contributed by atoms with Crippen molar-refractivity contribution in [3.8, 4) is 5.88 Å². The third-order valence-electron chi connectivity index (χ3n) is 4.56. The number of aromatic nitrogens is 2. The molecule has 3 rings (SSSR count). The summed E-state index contributed by atoms with van der Waals surface area (Å²) < 4.78 is 5.74. The van der Waals surface area contributed by atoms with Gasteiger partial charge < -0.3 is 10.1 Å². The van der Waals surface area contributed by atoms with E-state index in [2.05, 4.69) is 24.1 Å². The highest BCUT2D eigenvalue weighted by molar-refractivity contribution is 5.40. The number of ether oxygens (including phenoxy) is 1. The van der Waals surface area contributed by atoms with E-state index in [4.69, 9.17) is 9.72 Å². The molecule has 2 atom stereocenters. The van der Waals surface area contributed by atoms with Crippen molar-refractivity contribution in [2.45, 2.75) is 70.8 Å². The van der Waals surface area contributed by atoms with Gasteiger partial charge in [0.1, 0.15) is 11.6 Å². The smallest absolute Gasteiger partial charge is 0.218 e. The molecule has 0 spiro atoms. The Labute approximate surface area is 127 Å². The van der Waals surface area contributed by atoms with Crippen LogP contribution in [0.4, 0.5) is 5.82 Å². The summed E-state index contributed by atoms with van der Waals surface area (Å²) in [5, 5.41) is 3.64. The Morgan fingerprint density at radius 1 is 1.19 bits per heavy atom. The van der Waals surface area contributed by atoms with Crippen molar-refractivity contribution in [2.75, 3.05) is 11.9 Å². The Morgan fingerprint density at radius 3 is 2.71 bits per heavy atom. The van der Waals surface area contributed by atoms with Crippen molar-refractivity contribution in [1.82, 2.24) is 9.97 Å². The molecular weight excluding hydrogens is 262 g/mol. The lowest BCUT2D eigenvalue weighted by molar-refractivity contribution is 0.303. The van der Waals surface area contributed by atoms with Gasteiger partial charge in [0.2, 0.25) is 5.88 Å². The number of nitrogens with one attached hydrogen (secondary N) is 1. The van der Waals surface area contributed by atoms with Crippen LogP contribution in [0.2, 0.25) is 0 Å². The molecule has 2 unspecified atom stereocenters. The fourth-order valence-corrected chi connectivity index (χ4v) is 3.04. The molecule has 2 fully saturated rings. The second kappa shape index (κ2) is 6.63. The summed E-state index contributed by atoms with van der Waals surface area (Å²) in [7, 11) is 0. The first kappa shape index (κ1) is 14.6. The normalized spacial score (nSPS) is 25.6. The molecular formula is C17H27N3O. The van der Waals surface area contributed by atoms with E-state index in [-0.39, 0.29) is 0 Å². The molecule has 0 radical (unpaired) electrons. The van der Waals surface area contributed by atoms with Gasteiger partial charge in [-0.05, 0) is 38.0 Å². The number of anilines is 1. The molecule has 1 aromatic heterocycles. The summed E-state index contributed by atoms with van der Waals surface area (Å²) in [6.07, 6.45) is 8.69. The Balaban J connectivity index is 1.74. The van der Waals surface area contributed by atoms with E-state index in [1.165, 1.54) is 38.5 Å². The fraction of sp³-hybridized carbons (Fsp3) is 0.765. The maximum absolute atomic E-state index is 5.74. The molecule has 4 heteroatoms. The van der Waals surface area contributed by atoms with Crippen LogP contribution in [-0.2, 0) is 0 Å². The first-order valence-electron chi connectivity index (χ1n) is 8.54. The van der Waals surface area contributed by atoms with Crippen molar-refractivity contribution in [2.24, 2.45) is 5.92 Å². The van der Waals surface area contributed by atoms with Crippen LogP contribution in [0.1, 0.15) is 70.5 Å². The molecule has 1 aromatic rings. The molecule has 0 amide bonds. The van der Waals surface area contributed by atoms with E-state index in [0.29, 0.717) is 12.0 Å². The van der Waals surface area contributed by atoms with Crippen LogP contribution in [0.15, 0.2) is 6.07 Å². The zero-order valence-corrected chi connectivity index (χ0v) is 13.3. The van der Waals surface area contributed by atoms with Crippen LogP contribution >= 0.6 is 0 Å². The number of hydrogen-bond acceptors (Lipinski definition) is 4. The fourth-order valence-electron chi connectivity index (χ4n) is 3.04. The van der Waals surface area contributed by atoms with E-state index in [1.807, 2.05) is 6.07 Å². The molecule has 4 nitrogen and oxygen atoms in total. The molecule has 0 aliphatic heterocycles. The predicted molar refractivity (Wildman–Crippen MR) is 84.8 cm³/mol. The lowest BCUT2D eigenvalue weighted by atomic mass is 9.86. The third-order valence-corrected chi connectivity index (χ3v) is 4.56. The van der Waals surface area contributed by atoms with Crippen LogP contribution in [0.5, 0.6) is 5.88 Å². The van der Waals surface area contributed by atoms with Gasteiger partial charge in [0.25, 0.3) is 0 Å². The van der Waals surface area contributed by atoms with Gasteiger partial charge in [-0.1, -0.05) is 26.7 Å². The highest BCUT2D eigenvalue weighted by atomic mass is 16.5. The second-order valence-corrected chi connectivity index (χ2v) is 6.58. The Kier molecular flexibility index (Phi) is 4.61. The lowest BCUT2D eigenvalue weighted by Crippen LogP contribution is -2.30. The van der Waals surface area contributed by atoms with Crippen molar-refractivity contribution >= 4 is 5.82 Å². The lowest BCUT2D eigenvalue weighted by Gasteiger charge is -2.30. The van der Waals surface area contributed by atoms with Gasteiger partial charge in [-0.25, -0.2) is 4.98 Å². The average molecular weight is 289 g/mol. The average Bonchev–Trinajstić information content (AvgIpc) is 3.32. The summed E-state index contributed by atoms with van der Waals surface area (Å²) in [4.78, 5) is 9.30. The van der Waals surface area contributed by atoms with Gasteiger partial charge >= 0.3 is 0 Å². The minimum atomic E-state index is 0.541. The molecule has 2 aliphatic carbocycles. The minimum Gasteiger partial charge on any atom is -0.478 e. The Hall–Kier alpha value is -1.32. The molecule has 116 valence electrons. The van der Waals surface area contributed by atoms with Gasteiger partial charge in [-0.2, -0.15) is 4.98 Å². The van der Waals surface area contributed by atoms with E-state index in [1.54, 1.807) is 0 Å². The van der Waals surface area contributed by atoms with Crippen LogP contribution in [0.25, 0.3) is 0 Å². The summed E-state index contributed by atoms with van der Waals surface area (Å²) in [5.41, 5.74) is 0. The monoisotopic (exact) mass is 289 g/mol. The SMILES string of the molecule is CCCOc1cc(NC2CCCCC2C)nc(C2CC2)n1. The quantitative estimate of drug-likeness (QED) is 0.855. The number of hydrogen-bond donors (Lipinski definition) is 1. The van der Waals surface area contributed by atoms with Crippen molar-refractivity contribution in [1.29, 1.82) is 0 Å². The van der Waals surface area contributed by atoms with E-state index < -0.39 is 0 Å². The van der Waals surface area contributed by atoms with Gasteiger partial charge in [0.15, 0.2) is 0 Å². The highest BCUT2D eigenvalue weighted by Crippen LogP contribution is 2.39. The molecule has 2 saturated carbocycles. The van der Waals surface area contributed by atoms with Gasteiger partial charge in [0.05, 0.1) is 6.61 Å². The molecule has 2 aliphatic rings. The summed E-state index contributed by atoms with van der Waals surface area (Å²) in [6, 6.07) is 2.52. The Bertz CT molecular complexity index is 473. The molecule has 0 bridgehead atoms. The number of rotatable bonds is 6. The van der Waals surface area contributed by atoms with E-state index in [0.717, 1.165) is 36.5 Å². The van der Waals surface area contributed by atoms with Gasteiger partial charge in [0, 0.05) is 18.0 Å². The summed E-state index contributed by atoms with van der Waals surface area (Å²) >= 11 is 0. The zero-order valence-electron chi connectivity index (χ0n) is 13.3. The maximum atomic E-state index is 5.74. The largest absolute Gasteiger partial charge is 0.478 e. The first-order chi connectivity index (χ1) is 10.3. The van der Waals surface area contributed by atoms with Gasteiger partial charge in [-0.15, -0.1) is 0 Å². The highest BCUT2D eigenvalue weighted by Gasteiger charge is 2.28. The topological polar surface area (TPSA) is 47.0 Å². The van der Waals surface area contributed by atoms with E-state index in [9.17, 15) is 0 Å². The van der Waals surface area contributed by atoms with Crippen LogP contribution in [0, 0.1) is 5.92 Å². The Morgan fingerprint density at radius 2 is 2.00 bits per heavy atom. The van der Waals surface area contributed by atoms with Crippen molar-refractivity contribution in [3.05, 3.63) is 11.9 Å². The standard InChI is InChI=1S/C17H27N3O/c1-3-10-21-16-11-15(19-17(20-16)13-8-9-13)18-14-7-5-4-6-12(14)2/h11-14H,3-10H2,1-2H3,(H,18,19,20). The summed E-state index contributed by atoms with van der Waals surface area (Å²) in [5.74, 6) is 3.93. The molecule has 0 aromatic carbocycles. The minimum absolute atomic E-state index is 0.541. The first-order valence-corrected chi connectivity index (χ1v) is 8.54. The number of nitrogens with zero attached hydrogens (tertiary/aromatic N) is 2. The predicted octanol–water partition coefficient (Wildman–Crippen LogP) is 4.13. The second-order valence-electron chi connectivity index (χ2n) is 6.58. The molecule has 1 heterocycles. The van der Waals surface area contributed by atoms with Gasteiger partial charge in [-0.3, -0.25) is 0 Å². The molecule has 0 saturated heterocycles. The molecule has 21 heavy (non-hydrogen) atoms. The van der Waals surface area contributed by atoms with E-state index >= 15 is 0 Å². The zero-order chi connectivity index (χ0) is 14.7. The van der Waals surface area contributed by atoms with Crippen molar-refractivity contribution in [3.63, 3.8) is 0 Å². The van der Waals surface area contributed by atoms with Crippen molar-refractivity contribution < 1.29 is 4.74 Å². The maximum Gasteiger partial charge on any atom is 0.218 e. The van der Waals surface area contributed by atoms with Crippen LogP contribution in [-0.4, -0.2) is 22.6 Å². The van der Waals surface area contributed by atoms with Crippen LogP contribution < -0.4 is 10.1 Å². The summed E-state index contributed by atoms with van der Waals surface area (Å²) in [6.45, 7) is 5.18. The van der Waals surface area contributed by atoms with Crippen LogP contribution in [0.3, 0.4) is 0 Å². The third kappa shape index (κ3) is 3.86. The molecule has 1 N–H and O–H groups in total.